The molecule has 3 rings (SSSR count). The third-order valence-corrected chi connectivity index (χ3v) is 5.11. The van der Waals surface area contributed by atoms with Crippen molar-refractivity contribution in [3.05, 3.63) is 35.5 Å². The zero-order valence-corrected chi connectivity index (χ0v) is 14.6. The molecule has 1 saturated heterocycles. The molecule has 1 aliphatic rings. The summed E-state index contributed by atoms with van der Waals surface area (Å²) in [6, 6.07) is 3.86. The maximum atomic E-state index is 13.3. The second-order valence-electron chi connectivity index (χ2n) is 6.82. The molecule has 2 N–H and O–H groups in total. The lowest BCUT2D eigenvalue weighted by molar-refractivity contribution is -0.884. The predicted molar refractivity (Wildman–Crippen MR) is 91.8 cm³/mol. The van der Waals surface area contributed by atoms with Crippen molar-refractivity contribution in [2.75, 3.05) is 32.1 Å². The topological polar surface area (TPSA) is 57.9 Å². The minimum absolute atomic E-state index is 0.0781. The highest BCUT2D eigenvalue weighted by molar-refractivity contribution is 6.05. The summed E-state index contributed by atoms with van der Waals surface area (Å²) in [7, 11) is 3.85. The Morgan fingerprint density at radius 3 is 2.54 bits per heavy atom. The highest BCUT2D eigenvalue weighted by Gasteiger charge is 2.35. The van der Waals surface area contributed by atoms with Crippen LogP contribution in [0.4, 0.5) is 18.9 Å². The van der Waals surface area contributed by atoms with Crippen LogP contribution in [-0.4, -0.2) is 49.3 Å². The molecule has 0 aliphatic carbocycles. The van der Waals surface area contributed by atoms with Gasteiger partial charge < -0.3 is 14.9 Å². The molecule has 2 heterocycles. The number of aromatic carboxylic acids is 1. The van der Waals surface area contributed by atoms with E-state index in [9.17, 15) is 23.1 Å². The van der Waals surface area contributed by atoms with Gasteiger partial charge in [-0.3, -0.25) is 4.98 Å². The maximum Gasteiger partial charge on any atom is 0.418 e. The number of alkyl halides is 3. The van der Waals surface area contributed by atoms with Gasteiger partial charge in [0, 0.05) is 37.5 Å². The minimum atomic E-state index is -4.55. The molecule has 0 spiro atoms. The van der Waals surface area contributed by atoms with E-state index in [2.05, 4.69) is 12.0 Å². The molecule has 0 bridgehead atoms. The smallest absolute Gasteiger partial charge is 0.418 e. The Morgan fingerprint density at radius 2 is 1.96 bits per heavy atom. The summed E-state index contributed by atoms with van der Waals surface area (Å²) in [5, 5.41) is 9.77. The van der Waals surface area contributed by atoms with Crippen LogP contribution in [0.5, 0.6) is 0 Å². The number of benzene rings is 1. The highest BCUT2D eigenvalue weighted by atomic mass is 19.4. The van der Waals surface area contributed by atoms with Gasteiger partial charge in [-0.2, -0.15) is 13.2 Å². The summed E-state index contributed by atoms with van der Waals surface area (Å²) in [6.45, 7) is 1.88. The number of quaternary nitrogens is 1. The minimum Gasteiger partial charge on any atom is -0.478 e. The van der Waals surface area contributed by atoms with E-state index in [1.165, 1.54) is 17.0 Å². The van der Waals surface area contributed by atoms with E-state index < -0.39 is 17.7 Å². The lowest BCUT2D eigenvalue weighted by Crippen LogP contribution is -3.10. The maximum absolute atomic E-state index is 13.3. The van der Waals surface area contributed by atoms with Gasteiger partial charge in [-0.05, 0) is 6.07 Å². The molecule has 1 aromatic heterocycles. The Morgan fingerprint density at radius 1 is 1.31 bits per heavy atom. The average molecular weight is 368 g/mol. The molecule has 5 nitrogen and oxygen atoms in total. The quantitative estimate of drug-likeness (QED) is 0.871. The Kier molecular flexibility index (Phi) is 4.79. The van der Waals surface area contributed by atoms with Crippen molar-refractivity contribution in [3.8, 4) is 0 Å². The number of carbonyl (C=O) groups is 1. The zero-order valence-electron chi connectivity index (χ0n) is 14.6. The summed E-state index contributed by atoms with van der Waals surface area (Å²) in [6.07, 6.45) is -1.82. The molecule has 0 atom stereocenters. The number of nitrogens with zero attached hydrogens (tertiary/aromatic N) is 2. The number of anilines is 1. The second kappa shape index (κ2) is 6.75. The summed E-state index contributed by atoms with van der Waals surface area (Å²) in [5.74, 6) is -1.20. The molecule has 1 aromatic carbocycles. The fourth-order valence-corrected chi connectivity index (χ4v) is 3.64. The standard InChI is InChI=1S/C18H20F3N3O2/c1-23-8-6-11(7-9-23)24(2)16-12-4-3-5-14(18(19,20)21)15(12)22-10-13(16)17(25)26/h3-5,10-11H,6-9H2,1-2H3,(H,25,26)/p+1. The van der Waals surface area contributed by atoms with Crippen molar-refractivity contribution in [2.24, 2.45) is 0 Å². The van der Waals surface area contributed by atoms with Gasteiger partial charge >= 0.3 is 12.1 Å². The number of hydrogen-bond acceptors (Lipinski definition) is 3. The first-order valence-corrected chi connectivity index (χ1v) is 8.46. The van der Waals surface area contributed by atoms with Crippen molar-refractivity contribution in [3.63, 3.8) is 0 Å². The number of fused-ring (bicyclic) bond motifs is 1. The number of likely N-dealkylation sites (tertiary alicyclic amines) is 1. The number of piperidine rings is 1. The number of aromatic nitrogens is 1. The van der Waals surface area contributed by atoms with E-state index in [1.807, 2.05) is 4.90 Å². The van der Waals surface area contributed by atoms with Gasteiger partial charge in [0.2, 0.25) is 0 Å². The van der Waals surface area contributed by atoms with Gasteiger partial charge in [0.25, 0.3) is 0 Å². The van der Waals surface area contributed by atoms with E-state index in [-0.39, 0.29) is 22.5 Å². The molecule has 140 valence electrons. The first kappa shape index (κ1) is 18.4. The Labute approximate surface area is 149 Å². The number of hydrogen-bond donors (Lipinski definition) is 2. The van der Waals surface area contributed by atoms with Gasteiger partial charge in [-0.1, -0.05) is 12.1 Å². The van der Waals surface area contributed by atoms with E-state index in [0.29, 0.717) is 5.69 Å². The Hall–Kier alpha value is -2.35. The molecule has 2 aromatic rings. The first-order valence-electron chi connectivity index (χ1n) is 8.46. The molecule has 0 amide bonds. The van der Waals surface area contributed by atoms with Gasteiger partial charge in [-0.15, -0.1) is 0 Å². The summed E-state index contributed by atoms with van der Waals surface area (Å²) >= 11 is 0. The Balaban J connectivity index is 2.18. The third-order valence-electron chi connectivity index (χ3n) is 5.11. The molecule has 0 unspecified atom stereocenters. The van der Waals surface area contributed by atoms with Crippen LogP contribution in [0.1, 0.15) is 28.8 Å². The summed E-state index contributed by atoms with van der Waals surface area (Å²) < 4.78 is 40.0. The van der Waals surface area contributed by atoms with E-state index in [4.69, 9.17) is 0 Å². The lowest BCUT2D eigenvalue weighted by Gasteiger charge is -2.35. The van der Waals surface area contributed by atoms with Crippen LogP contribution in [0.25, 0.3) is 10.9 Å². The van der Waals surface area contributed by atoms with Crippen molar-refractivity contribution in [1.82, 2.24) is 4.98 Å². The third kappa shape index (κ3) is 3.33. The van der Waals surface area contributed by atoms with Crippen molar-refractivity contribution < 1.29 is 28.0 Å². The van der Waals surface area contributed by atoms with Crippen molar-refractivity contribution in [2.45, 2.75) is 25.1 Å². The fourth-order valence-electron chi connectivity index (χ4n) is 3.64. The van der Waals surface area contributed by atoms with Gasteiger partial charge in [-0.25, -0.2) is 4.79 Å². The van der Waals surface area contributed by atoms with Crippen LogP contribution in [0.2, 0.25) is 0 Å². The van der Waals surface area contributed by atoms with Gasteiger partial charge in [0.05, 0.1) is 36.9 Å². The van der Waals surface area contributed by atoms with Crippen LogP contribution in [0.15, 0.2) is 24.4 Å². The zero-order chi connectivity index (χ0) is 19.1. The number of rotatable bonds is 3. The van der Waals surface area contributed by atoms with Crippen molar-refractivity contribution >= 4 is 22.6 Å². The molecule has 8 heteroatoms. The number of para-hydroxylation sites is 1. The first-order chi connectivity index (χ1) is 12.2. The number of carboxylic acids is 1. The monoisotopic (exact) mass is 368 g/mol. The van der Waals surface area contributed by atoms with Crippen LogP contribution >= 0.6 is 0 Å². The number of halogens is 3. The number of pyridine rings is 1. The highest BCUT2D eigenvalue weighted by Crippen LogP contribution is 2.38. The van der Waals surface area contributed by atoms with E-state index in [1.54, 1.807) is 7.05 Å². The number of nitrogens with one attached hydrogen (secondary N) is 1. The summed E-state index contributed by atoms with van der Waals surface area (Å²) in [5.41, 5.74) is -0.844. The van der Waals surface area contributed by atoms with Crippen LogP contribution in [0.3, 0.4) is 0 Å². The van der Waals surface area contributed by atoms with E-state index >= 15 is 0 Å². The largest absolute Gasteiger partial charge is 0.478 e. The molecule has 1 aliphatic heterocycles. The second-order valence-corrected chi connectivity index (χ2v) is 6.82. The Bertz CT molecular complexity index is 830. The molecular weight excluding hydrogens is 347 g/mol. The van der Waals surface area contributed by atoms with E-state index in [0.717, 1.165) is 38.2 Å². The molecule has 26 heavy (non-hydrogen) atoms. The summed E-state index contributed by atoms with van der Waals surface area (Å²) in [4.78, 5) is 18.7. The van der Waals surface area contributed by atoms with Gasteiger partial charge in [0.15, 0.2) is 0 Å². The van der Waals surface area contributed by atoms with Gasteiger partial charge in [0.1, 0.15) is 5.56 Å². The normalized spacial score (nSPS) is 21.0. The van der Waals surface area contributed by atoms with Crippen LogP contribution in [-0.2, 0) is 6.18 Å². The SMILES string of the molecule is CN(c1c(C(=O)O)cnc2c(C(F)(F)F)cccc12)C1CC[NH+](C)CC1. The fraction of sp³-hybridized carbons (Fsp3) is 0.444. The molecule has 1 fully saturated rings. The van der Waals surface area contributed by atoms with Crippen LogP contribution in [0, 0.1) is 0 Å². The molecule has 0 saturated carbocycles. The molecule has 0 radical (unpaired) electrons. The predicted octanol–water partition coefficient (Wildman–Crippen LogP) is 2.07. The molecular formula is C18H21F3N3O2+. The number of carboxylic acid groups (broad SMARTS) is 1. The lowest BCUT2D eigenvalue weighted by atomic mass is 9.99. The van der Waals surface area contributed by atoms with Crippen molar-refractivity contribution in [1.29, 1.82) is 0 Å². The van der Waals surface area contributed by atoms with Crippen LogP contribution < -0.4 is 9.80 Å². The average Bonchev–Trinajstić information content (AvgIpc) is 2.59.